The molecule has 0 bridgehead atoms. The second-order valence-electron chi connectivity index (χ2n) is 4.15. The van der Waals surface area contributed by atoms with E-state index in [2.05, 4.69) is 15.4 Å². The van der Waals surface area contributed by atoms with Gasteiger partial charge in [0.1, 0.15) is 0 Å². The van der Waals surface area contributed by atoms with Gasteiger partial charge in [0.05, 0.1) is 5.69 Å². The molecule has 6 nitrogen and oxygen atoms in total. The number of carbonyl (C=O) groups is 1. The van der Waals surface area contributed by atoms with Gasteiger partial charge in [0, 0.05) is 6.04 Å². The van der Waals surface area contributed by atoms with Gasteiger partial charge in [0.25, 0.3) is 5.91 Å². The van der Waals surface area contributed by atoms with Crippen LogP contribution in [0, 0.1) is 0 Å². The molecule has 0 fully saturated rings. The average molecular weight is 246 g/mol. The van der Waals surface area contributed by atoms with Crippen LogP contribution in [0.2, 0.25) is 0 Å². The summed E-state index contributed by atoms with van der Waals surface area (Å²) < 4.78 is 1.16. The Bertz CT molecular complexity index is 598. The zero-order valence-corrected chi connectivity index (χ0v) is 10.2. The van der Waals surface area contributed by atoms with Crippen LogP contribution in [0.1, 0.15) is 24.5 Å². The summed E-state index contributed by atoms with van der Waals surface area (Å²) in [6, 6.07) is 8.91. The van der Waals surface area contributed by atoms with E-state index in [9.17, 15) is 9.59 Å². The molecule has 0 saturated carbocycles. The van der Waals surface area contributed by atoms with Gasteiger partial charge in [-0.05, 0) is 26.0 Å². The number of para-hydroxylation sites is 1. The number of aromatic nitrogens is 3. The maximum Gasteiger partial charge on any atom is 0.348 e. The van der Waals surface area contributed by atoms with Crippen molar-refractivity contribution in [1.29, 1.82) is 0 Å². The molecule has 1 aromatic carbocycles. The van der Waals surface area contributed by atoms with Crippen molar-refractivity contribution in [2.24, 2.45) is 0 Å². The highest BCUT2D eigenvalue weighted by molar-refractivity contribution is 5.90. The zero-order valence-electron chi connectivity index (χ0n) is 10.2. The molecule has 18 heavy (non-hydrogen) atoms. The van der Waals surface area contributed by atoms with Gasteiger partial charge in [0.2, 0.25) is 5.82 Å². The van der Waals surface area contributed by atoms with Crippen molar-refractivity contribution < 1.29 is 4.79 Å². The van der Waals surface area contributed by atoms with E-state index in [1.807, 2.05) is 19.9 Å². The fourth-order valence-corrected chi connectivity index (χ4v) is 1.50. The molecule has 1 aromatic heterocycles. The molecule has 0 unspecified atom stereocenters. The van der Waals surface area contributed by atoms with E-state index >= 15 is 0 Å². The van der Waals surface area contributed by atoms with Gasteiger partial charge in [-0.25, -0.2) is 4.79 Å². The number of rotatable bonds is 3. The lowest BCUT2D eigenvalue weighted by Crippen LogP contribution is -2.31. The van der Waals surface area contributed by atoms with Gasteiger partial charge >= 0.3 is 5.69 Å². The number of hydrogen-bond acceptors (Lipinski definition) is 3. The highest BCUT2D eigenvalue weighted by Gasteiger charge is 2.14. The van der Waals surface area contributed by atoms with E-state index < -0.39 is 11.6 Å². The molecule has 2 rings (SSSR count). The monoisotopic (exact) mass is 246 g/mol. The second-order valence-corrected chi connectivity index (χ2v) is 4.15. The van der Waals surface area contributed by atoms with E-state index in [0.29, 0.717) is 5.69 Å². The standard InChI is InChI=1S/C12H14N4O2/c1-8(2)13-11(17)10-14-12(18)16(15-10)9-6-4-3-5-7-9/h3-8H,1-2H3,(H,13,17)(H,14,15,18). The smallest absolute Gasteiger partial charge is 0.347 e. The first-order valence-electron chi connectivity index (χ1n) is 5.63. The molecule has 1 amide bonds. The summed E-state index contributed by atoms with van der Waals surface area (Å²) in [6.45, 7) is 3.67. The third kappa shape index (κ3) is 2.48. The molecular formula is C12H14N4O2. The van der Waals surface area contributed by atoms with Gasteiger partial charge in [-0.3, -0.25) is 9.78 Å². The predicted molar refractivity (Wildman–Crippen MR) is 66.8 cm³/mol. The highest BCUT2D eigenvalue weighted by Crippen LogP contribution is 2.01. The summed E-state index contributed by atoms with van der Waals surface area (Å²) in [5.74, 6) is -0.380. The fourth-order valence-electron chi connectivity index (χ4n) is 1.50. The van der Waals surface area contributed by atoms with E-state index in [0.717, 1.165) is 4.68 Å². The summed E-state index contributed by atoms with van der Waals surface area (Å²) in [5.41, 5.74) is 0.178. The van der Waals surface area contributed by atoms with Crippen molar-refractivity contribution in [2.75, 3.05) is 0 Å². The first kappa shape index (κ1) is 12.1. The second kappa shape index (κ2) is 4.87. The summed E-state index contributed by atoms with van der Waals surface area (Å²) >= 11 is 0. The molecule has 0 radical (unpaired) electrons. The molecule has 0 atom stereocenters. The van der Waals surface area contributed by atoms with Crippen LogP contribution in [-0.2, 0) is 0 Å². The predicted octanol–water partition coefficient (Wildman–Crippen LogP) is 0.699. The molecular weight excluding hydrogens is 232 g/mol. The van der Waals surface area contributed by atoms with Crippen LogP contribution in [-0.4, -0.2) is 26.7 Å². The Balaban J connectivity index is 2.34. The van der Waals surface area contributed by atoms with Crippen molar-refractivity contribution >= 4 is 5.91 Å². The van der Waals surface area contributed by atoms with E-state index in [1.165, 1.54) is 0 Å². The van der Waals surface area contributed by atoms with Gasteiger partial charge in [-0.15, -0.1) is 5.10 Å². The minimum Gasteiger partial charge on any atom is -0.347 e. The first-order valence-corrected chi connectivity index (χ1v) is 5.63. The van der Waals surface area contributed by atoms with Crippen LogP contribution in [0.4, 0.5) is 0 Å². The number of benzene rings is 1. The summed E-state index contributed by atoms with van der Waals surface area (Å²) in [4.78, 5) is 25.8. The Morgan fingerprint density at radius 2 is 2.00 bits per heavy atom. The lowest BCUT2D eigenvalue weighted by atomic mass is 10.3. The number of nitrogens with zero attached hydrogens (tertiary/aromatic N) is 2. The summed E-state index contributed by atoms with van der Waals surface area (Å²) in [5, 5.41) is 6.64. The number of carbonyl (C=O) groups excluding carboxylic acids is 1. The highest BCUT2D eigenvalue weighted by atomic mass is 16.2. The normalized spacial score (nSPS) is 10.6. The molecule has 0 aliphatic carbocycles. The number of H-pyrrole nitrogens is 1. The van der Waals surface area contributed by atoms with Gasteiger partial charge in [-0.2, -0.15) is 4.68 Å². The topological polar surface area (TPSA) is 79.8 Å². The third-order valence-corrected chi connectivity index (χ3v) is 2.25. The number of nitrogens with one attached hydrogen (secondary N) is 2. The largest absolute Gasteiger partial charge is 0.348 e. The van der Waals surface area contributed by atoms with Gasteiger partial charge in [-0.1, -0.05) is 18.2 Å². The third-order valence-electron chi connectivity index (χ3n) is 2.25. The Kier molecular flexibility index (Phi) is 3.27. The summed E-state index contributed by atoms with van der Waals surface area (Å²) in [7, 11) is 0. The lowest BCUT2D eigenvalue weighted by molar-refractivity contribution is 0.0932. The van der Waals surface area contributed by atoms with Crippen molar-refractivity contribution in [3.63, 3.8) is 0 Å². The Morgan fingerprint density at radius 1 is 1.33 bits per heavy atom. The van der Waals surface area contributed by atoms with Crippen LogP contribution >= 0.6 is 0 Å². The van der Waals surface area contributed by atoms with Gasteiger partial charge < -0.3 is 5.32 Å². The molecule has 2 N–H and O–H groups in total. The Hall–Kier alpha value is -2.37. The van der Waals surface area contributed by atoms with Crippen molar-refractivity contribution in [1.82, 2.24) is 20.1 Å². The van der Waals surface area contributed by atoms with E-state index in [1.54, 1.807) is 24.3 Å². The summed E-state index contributed by atoms with van der Waals surface area (Å²) in [6.07, 6.45) is 0. The molecule has 6 heteroatoms. The SMILES string of the molecule is CC(C)NC(=O)c1nn(-c2ccccc2)c(=O)[nH]1. The Labute approximate surface area is 104 Å². The fraction of sp³-hybridized carbons (Fsp3) is 0.250. The first-order chi connectivity index (χ1) is 8.58. The molecule has 1 heterocycles. The van der Waals surface area contributed by atoms with Crippen molar-refractivity contribution in [3.05, 3.63) is 46.6 Å². The minimum atomic E-state index is -0.435. The van der Waals surface area contributed by atoms with E-state index in [4.69, 9.17) is 0 Å². The molecule has 0 aliphatic rings. The van der Waals surface area contributed by atoms with E-state index in [-0.39, 0.29) is 11.9 Å². The molecule has 0 spiro atoms. The lowest BCUT2D eigenvalue weighted by Gasteiger charge is -2.04. The molecule has 0 aliphatic heterocycles. The minimum absolute atomic E-state index is 0.0112. The number of aromatic amines is 1. The molecule has 94 valence electrons. The zero-order chi connectivity index (χ0) is 13.1. The maximum atomic E-state index is 11.7. The van der Waals surface area contributed by atoms with Crippen LogP contribution in [0.3, 0.4) is 0 Å². The van der Waals surface area contributed by atoms with Crippen molar-refractivity contribution in [3.8, 4) is 5.69 Å². The quantitative estimate of drug-likeness (QED) is 0.836. The average Bonchev–Trinajstić information content (AvgIpc) is 2.72. The van der Waals surface area contributed by atoms with Crippen LogP contribution in [0.25, 0.3) is 5.69 Å². The number of amides is 1. The van der Waals surface area contributed by atoms with Crippen LogP contribution < -0.4 is 11.0 Å². The number of hydrogen-bond donors (Lipinski definition) is 2. The Morgan fingerprint density at radius 3 is 2.61 bits per heavy atom. The van der Waals surface area contributed by atoms with Crippen LogP contribution in [0.5, 0.6) is 0 Å². The van der Waals surface area contributed by atoms with Crippen molar-refractivity contribution in [2.45, 2.75) is 19.9 Å². The van der Waals surface area contributed by atoms with Crippen LogP contribution in [0.15, 0.2) is 35.1 Å². The molecule has 0 saturated heterocycles. The van der Waals surface area contributed by atoms with Gasteiger partial charge in [0.15, 0.2) is 0 Å². The molecule has 2 aromatic rings. The maximum absolute atomic E-state index is 11.7.